The van der Waals surface area contributed by atoms with E-state index in [0.29, 0.717) is 0 Å². The molecule has 20 heteroatoms. The summed E-state index contributed by atoms with van der Waals surface area (Å²) in [5.41, 5.74) is 4.13. The number of hydrogen-bond donors (Lipinski definition) is 3. The van der Waals surface area contributed by atoms with Crippen molar-refractivity contribution >= 4 is 31.5 Å². The number of carbonyl (C=O) groups is 4. The minimum Gasteiger partial charge on any atom is -0.463 e. The zero-order chi connectivity index (χ0) is 55.1. The molecule has 5 aromatic rings. The Morgan fingerprint density at radius 3 is 1.33 bits per heavy atom. The molecular formula is C58H70N3O16P. The Bertz CT molecular complexity index is 2650. The van der Waals surface area contributed by atoms with Crippen molar-refractivity contribution in [2.24, 2.45) is 0 Å². The highest BCUT2D eigenvalue weighted by atomic mass is 31.2. The lowest BCUT2D eigenvalue weighted by atomic mass is 9.92. The molecule has 5 aromatic carbocycles. The molecule has 2 aliphatic rings. The predicted molar refractivity (Wildman–Crippen MR) is 285 cm³/mol. The molecule has 2 saturated heterocycles. The number of benzene rings is 5. The van der Waals surface area contributed by atoms with Gasteiger partial charge in [0.25, 0.3) is 0 Å². The van der Waals surface area contributed by atoms with Crippen LogP contribution in [0.5, 0.6) is 0 Å². The Balaban J connectivity index is 1.17. The second kappa shape index (κ2) is 30.7. The van der Waals surface area contributed by atoms with Crippen LogP contribution in [0, 0.1) is 0 Å². The van der Waals surface area contributed by atoms with Crippen LogP contribution in [0.25, 0.3) is 0 Å². The molecule has 0 saturated carbocycles. The van der Waals surface area contributed by atoms with Crippen molar-refractivity contribution in [2.75, 3.05) is 39.6 Å². The van der Waals surface area contributed by atoms with Gasteiger partial charge in [-0.05, 0) is 27.8 Å². The van der Waals surface area contributed by atoms with Crippen LogP contribution in [0.15, 0.2) is 152 Å². The first-order valence-corrected chi connectivity index (χ1v) is 27.5. The maximum absolute atomic E-state index is 15.3. The monoisotopic (exact) mass is 1100 g/mol. The van der Waals surface area contributed by atoms with Crippen LogP contribution < -0.4 is 16.0 Å². The highest BCUT2D eigenvalue weighted by molar-refractivity contribution is 7.53. The van der Waals surface area contributed by atoms with E-state index in [0.717, 1.165) is 27.8 Å². The third kappa shape index (κ3) is 18.7. The van der Waals surface area contributed by atoms with Crippen LogP contribution in [0.4, 0.5) is 4.79 Å². The highest BCUT2D eigenvalue weighted by Crippen LogP contribution is 2.50. The average Bonchev–Trinajstić information content (AvgIpc) is 3.52. The maximum Gasteiger partial charge on any atom is 0.407 e. The molecule has 0 bridgehead atoms. The standard InChI is InChI=1S/C58H70N3O16P/c1-40(62)60-51-50(76-48(37-69-42(3)64)53(70-32-43-20-10-5-11-21-43)55(51)72-34-45-24-14-7-15-25-45)39-78(66,67-4)75-38-49-54(71-33-44-22-12-6-13-23-44)56(73-35-46-26-16-8-17-27-46)52(61-41(2)63)57(77-49)68-31-30-59-58(65)74-36-47-28-18-9-19-29-47/h5-29,48-57H,30-39H2,1-4H3,(H,59,65)(H,60,62)(H,61,63)/t48-,49-,50-,51-,52+,53-,54-,55-,56-,57+,78?/m1/s1. The third-order valence-electron chi connectivity index (χ3n) is 12.8. The van der Waals surface area contributed by atoms with Crippen LogP contribution in [0.1, 0.15) is 48.6 Å². The van der Waals surface area contributed by atoms with Crippen LogP contribution >= 0.6 is 7.60 Å². The highest BCUT2D eigenvalue weighted by Gasteiger charge is 2.52. The van der Waals surface area contributed by atoms with E-state index < -0.39 is 105 Å². The number of rotatable bonds is 28. The van der Waals surface area contributed by atoms with Crippen LogP contribution in [-0.4, -0.2) is 125 Å². The Kier molecular flexibility index (Phi) is 23.3. The van der Waals surface area contributed by atoms with Gasteiger partial charge in [-0.25, -0.2) is 4.79 Å². The maximum atomic E-state index is 15.3. The molecule has 1 unspecified atom stereocenters. The molecule has 2 heterocycles. The van der Waals surface area contributed by atoms with E-state index in [2.05, 4.69) is 16.0 Å². The SMILES string of the molecule is COP(=O)(C[C@H]1O[C@H](COC(C)=O)[C@@H](OCc2ccccc2)[C@H](OCc2ccccc2)[C@@H]1NC(C)=O)OC[C@H]1O[C@H](OCCNC(=O)OCc2ccccc2)[C@@H](NC(C)=O)[C@@H](OCc2ccccc2)[C@@H]1OCc1ccccc1. The van der Waals surface area contributed by atoms with Gasteiger partial charge in [0.05, 0.1) is 57.9 Å². The van der Waals surface area contributed by atoms with E-state index in [9.17, 15) is 19.2 Å². The second-order valence-corrected chi connectivity index (χ2v) is 20.9. The first-order chi connectivity index (χ1) is 37.9. The minimum atomic E-state index is -4.31. The summed E-state index contributed by atoms with van der Waals surface area (Å²) in [6, 6.07) is 44.9. The Labute approximate surface area is 455 Å². The minimum absolute atomic E-state index is 0.00664. The van der Waals surface area contributed by atoms with E-state index >= 15 is 4.57 Å². The smallest absolute Gasteiger partial charge is 0.407 e. The quantitative estimate of drug-likeness (QED) is 0.0256. The summed E-state index contributed by atoms with van der Waals surface area (Å²) in [6.45, 7) is 3.55. The fraction of sp³-hybridized carbons (Fsp3) is 0.414. The molecule has 3 amide bonds. The van der Waals surface area contributed by atoms with Gasteiger partial charge in [-0.2, -0.15) is 0 Å². The molecule has 2 fully saturated rings. The Morgan fingerprint density at radius 1 is 0.487 bits per heavy atom. The van der Waals surface area contributed by atoms with E-state index in [4.69, 9.17) is 51.7 Å². The lowest BCUT2D eigenvalue weighted by Crippen LogP contribution is -2.66. The summed E-state index contributed by atoms with van der Waals surface area (Å²) in [5.74, 6) is -1.43. The summed E-state index contributed by atoms with van der Waals surface area (Å²) >= 11 is 0. The van der Waals surface area contributed by atoms with Gasteiger partial charge in [0.1, 0.15) is 55.9 Å². The summed E-state index contributed by atoms with van der Waals surface area (Å²) in [7, 11) is -3.07. The van der Waals surface area contributed by atoms with Crippen molar-refractivity contribution in [2.45, 2.75) is 115 Å². The fourth-order valence-corrected chi connectivity index (χ4v) is 10.5. The van der Waals surface area contributed by atoms with Gasteiger partial charge in [0.2, 0.25) is 11.8 Å². The largest absolute Gasteiger partial charge is 0.463 e. The van der Waals surface area contributed by atoms with Crippen molar-refractivity contribution in [1.29, 1.82) is 0 Å². The predicted octanol–water partition coefficient (Wildman–Crippen LogP) is 7.19. The van der Waals surface area contributed by atoms with E-state index in [1.165, 1.54) is 27.9 Å². The molecule has 78 heavy (non-hydrogen) atoms. The lowest BCUT2D eigenvalue weighted by molar-refractivity contribution is -0.286. The number of alkyl carbamates (subject to hydrolysis) is 1. The summed E-state index contributed by atoms with van der Waals surface area (Å²) in [6.07, 6.45) is -9.53. The average molecular weight is 1100 g/mol. The lowest BCUT2D eigenvalue weighted by Gasteiger charge is -2.47. The van der Waals surface area contributed by atoms with Gasteiger partial charge < -0.3 is 67.6 Å². The topological polar surface area (TPSA) is 223 Å². The van der Waals surface area contributed by atoms with Crippen molar-refractivity contribution in [3.63, 3.8) is 0 Å². The van der Waals surface area contributed by atoms with Crippen molar-refractivity contribution in [1.82, 2.24) is 16.0 Å². The number of ether oxygens (including phenoxy) is 9. The first kappa shape index (κ1) is 59.3. The number of nitrogens with one attached hydrogen (secondary N) is 3. The van der Waals surface area contributed by atoms with Crippen LogP contribution in [0.3, 0.4) is 0 Å². The van der Waals surface area contributed by atoms with Gasteiger partial charge in [-0.15, -0.1) is 0 Å². The van der Waals surface area contributed by atoms with Gasteiger partial charge >= 0.3 is 19.7 Å². The molecule has 0 aliphatic carbocycles. The normalized spacial score (nSPS) is 23.7. The molecule has 2 aliphatic heterocycles. The Hall–Kier alpha value is -6.35. The van der Waals surface area contributed by atoms with Gasteiger partial charge in [-0.1, -0.05) is 152 Å². The van der Waals surface area contributed by atoms with E-state index in [1.807, 2.05) is 152 Å². The molecule has 0 spiro atoms. The van der Waals surface area contributed by atoms with Crippen molar-refractivity contribution in [3.05, 3.63) is 179 Å². The molecular weight excluding hydrogens is 1030 g/mol. The summed E-state index contributed by atoms with van der Waals surface area (Å²) in [4.78, 5) is 51.3. The molecule has 19 nitrogen and oxygen atoms in total. The van der Waals surface area contributed by atoms with Crippen LogP contribution in [0.2, 0.25) is 0 Å². The zero-order valence-electron chi connectivity index (χ0n) is 44.3. The molecule has 0 aromatic heterocycles. The molecule has 0 radical (unpaired) electrons. The van der Waals surface area contributed by atoms with Gasteiger partial charge in [-0.3, -0.25) is 18.9 Å². The molecule has 7 rings (SSSR count). The van der Waals surface area contributed by atoms with Gasteiger partial charge in [0.15, 0.2) is 6.29 Å². The summed E-state index contributed by atoms with van der Waals surface area (Å²) < 4.78 is 84.7. The van der Waals surface area contributed by atoms with E-state index in [-0.39, 0.29) is 52.8 Å². The number of amides is 3. The number of carbonyl (C=O) groups excluding carboxylic acids is 4. The molecule has 418 valence electrons. The summed E-state index contributed by atoms with van der Waals surface area (Å²) in [5, 5.41) is 8.61. The second-order valence-electron chi connectivity index (χ2n) is 18.7. The fourth-order valence-electron chi connectivity index (χ4n) is 9.04. The Morgan fingerprint density at radius 2 is 0.897 bits per heavy atom. The van der Waals surface area contributed by atoms with Crippen molar-refractivity contribution < 1.29 is 75.4 Å². The number of hydrogen-bond acceptors (Lipinski definition) is 16. The van der Waals surface area contributed by atoms with E-state index in [1.54, 1.807) is 0 Å². The zero-order valence-corrected chi connectivity index (χ0v) is 45.2. The van der Waals surface area contributed by atoms with Crippen molar-refractivity contribution in [3.8, 4) is 0 Å². The van der Waals surface area contributed by atoms with Crippen LogP contribution in [-0.2, 0) is 104 Å². The molecule has 11 atom stereocenters. The molecule has 3 N–H and O–H groups in total. The van der Waals surface area contributed by atoms with Gasteiger partial charge in [0, 0.05) is 34.4 Å². The third-order valence-corrected chi connectivity index (χ3v) is 14.7. The first-order valence-electron chi connectivity index (χ1n) is 25.8. The number of esters is 1.